The van der Waals surface area contributed by atoms with Crippen LogP contribution in [-0.2, 0) is 11.3 Å². The zero-order chi connectivity index (χ0) is 20.1. The van der Waals surface area contributed by atoms with E-state index in [0.29, 0.717) is 12.0 Å². The summed E-state index contributed by atoms with van der Waals surface area (Å²) in [6, 6.07) is 15.4. The molecule has 0 radical (unpaired) electrons. The van der Waals surface area contributed by atoms with E-state index in [9.17, 15) is 9.59 Å². The number of anilines is 2. The van der Waals surface area contributed by atoms with Crippen LogP contribution < -0.4 is 10.2 Å². The van der Waals surface area contributed by atoms with Gasteiger partial charge in [0.2, 0.25) is 5.91 Å². The third-order valence-electron chi connectivity index (χ3n) is 5.83. The van der Waals surface area contributed by atoms with E-state index in [1.165, 1.54) is 44.3 Å². The fraction of sp³-hybridized carbons (Fsp3) is 0.417. The first-order valence-electron chi connectivity index (χ1n) is 10.7. The first-order valence-corrected chi connectivity index (χ1v) is 10.7. The molecule has 0 atom stereocenters. The first kappa shape index (κ1) is 19.6. The summed E-state index contributed by atoms with van der Waals surface area (Å²) in [4.78, 5) is 28.7. The molecule has 2 heterocycles. The second kappa shape index (κ2) is 9.23. The van der Waals surface area contributed by atoms with Crippen LogP contribution in [0.5, 0.6) is 0 Å². The number of nitrogens with zero attached hydrogens (tertiary/aromatic N) is 2. The number of nitrogens with one attached hydrogen (secondary N) is 1. The number of amides is 2. The molecular formula is C24H29N3O2. The monoisotopic (exact) mass is 391 g/mol. The number of benzene rings is 2. The Morgan fingerprint density at radius 2 is 1.52 bits per heavy atom. The first-order chi connectivity index (χ1) is 14.2. The van der Waals surface area contributed by atoms with Crippen LogP contribution in [0.1, 0.15) is 54.4 Å². The van der Waals surface area contributed by atoms with Crippen molar-refractivity contribution in [2.75, 3.05) is 29.9 Å². The molecule has 4 rings (SSSR count). The van der Waals surface area contributed by atoms with Gasteiger partial charge in [0.05, 0.1) is 0 Å². The van der Waals surface area contributed by atoms with Crippen molar-refractivity contribution in [3.63, 3.8) is 0 Å². The number of rotatable bonds is 5. The molecular weight excluding hydrogens is 362 g/mol. The maximum Gasteiger partial charge on any atom is 0.255 e. The molecule has 2 aliphatic rings. The highest BCUT2D eigenvalue weighted by Crippen LogP contribution is 2.23. The van der Waals surface area contributed by atoms with E-state index in [1.807, 2.05) is 36.4 Å². The molecule has 2 saturated heterocycles. The highest BCUT2D eigenvalue weighted by atomic mass is 16.2. The molecule has 0 saturated carbocycles. The van der Waals surface area contributed by atoms with Crippen molar-refractivity contribution in [1.29, 1.82) is 0 Å². The molecule has 2 aliphatic heterocycles. The maximum atomic E-state index is 12.6. The van der Waals surface area contributed by atoms with Gasteiger partial charge in [-0.2, -0.15) is 0 Å². The lowest BCUT2D eigenvalue weighted by Gasteiger charge is -2.19. The lowest BCUT2D eigenvalue weighted by atomic mass is 10.1. The summed E-state index contributed by atoms with van der Waals surface area (Å²) in [6.07, 6.45) is 6.77. The van der Waals surface area contributed by atoms with E-state index in [2.05, 4.69) is 22.3 Å². The van der Waals surface area contributed by atoms with Crippen molar-refractivity contribution in [1.82, 2.24) is 4.90 Å². The molecule has 2 fully saturated rings. The predicted molar refractivity (Wildman–Crippen MR) is 116 cm³/mol. The predicted octanol–water partition coefficient (Wildman–Crippen LogP) is 4.44. The van der Waals surface area contributed by atoms with Gasteiger partial charge in [-0.05, 0) is 74.3 Å². The van der Waals surface area contributed by atoms with Gasteiger partial charge < -0.3 is 10.2 Å². The molecule has 0 spiro atoms. The molecule has 0 unspecified atom stereocenters. The van der Waals surface area contributed by atoms with Gasteiger partial charge in [0.25, 0.3) is 5.91 Å². The molecule has 1 N–H and O–H groups in total. The van der Waals surface area contributed by atoms with Gasteiger partial charge in [0.1, 0.15) is 0 Å². The topological polar surface area (TPSA) is 52.7 Å². The molecule has 5 heteroatoms. The fourth-order valence-electron chi connectivity index (χ4n) is 4.16. The molecule has 5 nitrogen and oxygen atoms in total. The highest BCUT2D eigenvalue weighted by Gasteiger charge is 2.21. The van der Waals surface area contributed by atoms with Crippen molar-refractivity contribution < 1.29 is 9.59 Å². The minimum absolute atomic E-state index is 0.115. The van der Waals surface area contributed by atoms with Gasteiger partial charge in [-0.1, -0.05) is 25.0 Å². The molecule has 152 valence electrons. The van der Waals surface area contributed by atoms with Crippen molar-refractivity contribution in [3.05, 3.63) is 59.7 Å². The summed E-state index contributed by atoms with van der Waals surface area (Å²) < 4.78 is 0. The van der Waals surface area contributed by atoms with Crippen LogP contribution in [0.4, 0.5) is 11.4 Å². The van der Waals surface area contributed by atoms with Crippen LogP contribution >= 0.6 is 0 Å². The van der Waals surface area contributed by atoms with E-state index < -0.39 is 0 Å². The molecule has 2 aromatic rings. The van der Waals surface area contributed by atoms with Crippen LogP contribution in [0, 0.1) is 0 Å². The average Bonchev–Trinajstić information content (AvgIpc) is 3.00. The van der Waals surface area contributed by atoms with Gasteiger partial charge in [-0.25, -0.2) is 0 Å². The summed E-state index contributed by atoms with van der Waals surface area (Å²) in [5.74, 6) is 0.0540. The highest BCUT2D eigenvalue weighted by molar-refractivity contribution is 6.04. The van der Waals surface area contributed by atoms with Crippen molar-refractivity contribution in [3.8, 4) is 0 Å². The van der Waals surface area contributed by atoms with Crippen LogP contribution in [0.15, 0.2) is 48.5 Å². The van der Waals surface area contributed by atoms with E-state index >= 15 is 0 Å². The molecule has 2 aromatic carbocycles. The normalized spacial score (nSPS) is 17.9. The standard InChI is InChI=1S/C24H29N3O2/c28-23-6-5-17-27(23)22-13-11-21(12-14-22)25-24(29)20-9-7-19(8-10-20)18-26-15-3-1-2-4-16-26/h7-14H,1-6,15-18H2,(H,25,29). The van der Waals surface area contributed by atoms with E-state index in [0.717, 1.165) is 30.9 Å². The second-order valence-corrected chi connectivity index (χ2v) is 8.04. The number of likely N-dealkylation sites (tertiary alicyclic amines) is 1. The minimum atomic E-state index is -0.115. The van der Waals surface area contributed by atoms with Crippen molar-refractivity contribution in [2.45, 2.75) is 45.1 Å². The number of hydrogen-bond donors (Lipinski definition) is 1. The molecule has 2 amide bonds. The number of carbonyl (C=O) groups excluding carboxylic acids is 2. The van der Waals surface area contributed by atoms with Crippen molar-refractivity contribution in [2.24, 2.45) is 0 Å². The minimum Gasteiger partial charge on any atom is -0.322 e. The van der Waals surface area contributed by atoms with Crippen LogP contribution in [-0.4, -0.2) is 36.3 Å². The summed E-state index contributed by atoms with van der Waals surface area (Å²) in [6.45, 7) is 4.06. The third kappa shape index (κ3) is 5.04. The summed E-state index contributed by atoms with van der Waals surface area (Å²) in [5, 5.41) is 2.94. The summed E-state index contributed by atoms with van der Waals surface area (Å²) >= 11 is 0. The summed E-state index contributed by atoms with van der Waals surface area (Å²) in [7, 11) is 0. The fourth-order valence-corrected chi connectivity index (χ4v) is 4.16. The Hall–Kier alpha value is -2.66. The molecule has 0 aromatic heterocycles. The lowest BCUT2D eigenvalue weighted by Crippen LogP contribution is -2.24. The second-order valence-electron chi connectivity index (χ2n) is 8.04. The molecule has 0 bridgehead atoms. The maximum absolute atomic E-state index is 12.6. The summed E-state index contributed by atoms with van der Waals surface area (Å²) in [5.41, 5.74) is 3.54. The quantitative estimate of drug-likeness (QED) is 0.820. The molecule has 0 aliphatic carbocycles. The largest absolute Gasteiger partial charge is 0.322 e. The Labute approximate surface area is 172 Å². The number of carbonyl (C=O) groups is 2. The van der Waals surface area contributed by atoms with E-state index in [1.54, 1.807) is 4.90 Å². The Morgan fingerprint density at radius 3 is 2.14 bits per heavy atom. The van der Waals surface area contributed by atoms with Gasteiger partial charge in [0.15, 0.2) is 0 Å². The van der Waals surface area contributed by atoms with Gasteiger partial charge in [0, 0.05) is 36.4 Å². The van der Waals surface area contributed by atoms with E-state index in [-0.39, 0.29) is 11.8 Å². The van der Waals surface area contributed by atoms with Crippen LogP contribution in [0.25, 0.3) is 0 Å². The number of hydrogen-bond acceptors (Lipinski definition) is 3. The molecule has 29 heavy (non-hydrogen) atoms. The van der Waals surface area contributed by atoms with Crippen molar-refractivity contribution >= 4 is 23.2 Å². The average molecular weight is 392 g/mol. The zero-order valence-corrected chi connectivity index (χ0v) is 16.9. The Bertz CT molecular complexity index is 837. The van der Waals surface area contributed by atoms with Gasteiger partial charge >= 0.3 is 0 Å². The van der Waals surface area contributed by atoms with Crippen LogP contribution in [0.3, 0.4) is 0 Å². The van der Waals surface area contributed by atoms with Gasteiger partial charge in [-0.3, -0.25) is 14.5 Å². The Morgan fingerprint density at radius 1 is 0.828 bits per heavy atom. The Balaban J connectivity index is 1.34. The van der Waals surface area contributed by atoms with Gasteiger partial charge in [-0.15, -0.1) is 0 Å². The zero-order valence-electron chi connectivity index (χ0n) is 16.9. The lowest BCUT2D eigenvalue weighted by molar-refractivity contribution is -0.117. The van der Waals surface area contributed by atoms with Crippen LogP contribution in [0.2, 0.25) is 0 Å². The van der Waals surface area contributed by atoms with E-state index in [4.69, 9.17) is 0 Å². The SMILES string of the molecule is O=C(Nc1ccc(N2CCCC2=O)cc1)c1ccc(CN2CCCCCC2)cc1. The smallest absolute Gasteiger partial charge is 0.255 e. The third-order valence-corrected chi connectivity index (χ3v) is 5.83. The Kier molecular flexibility index (Phi) is 6.25.